The highest BCUT2D eigenvalue weighted by molar-refractivity contribution is 7.13. The lowest BCUT2D eigenvalue weighted by molar-refractivity contribution is -0.145. The molecule has 9 nitrogen and oxygen atoms in total. The van der Waals surface area contributed by atoms with Gasteiger partial charge in [-0.15, -0.1) is 11.3 Å². The Hall–Kier alpha value is -3.36. The maximum absolute atomic E-state index is 15.4. The van der Waals surface area contributed by atoms with Crippen molar-refractivity contribution in [2.45, 2.75) is 90.3 Å². The highest BCUT2D eigenvalue weighted by Gasteiger charge is 2.60. The molecule has 1 saturated carbocycles. The van der Waals surface area contributed by atoms with Crippen LogP contribution < -0.4 is 10.6 Å². The van der Waals surface area contributed by atoms with Gasteiger partial charge in [0.1, 0.15) is 18.2 Å². The monoisotopic (exact) mass is 583 g/mol. The van der Waals surface area contributed by atoms with E-state index in [-0.39, 0.29) is 12.5 Å². The number of hydrogen-bond acceptors (Lipinski definition) is 6. The number of aromatic nitrogens is 1. The van der Waals surface area contributed by atoms with Crippen LogP contribution in [0.4, 0.5) is 4.39 Å². The van der Waals surface area contributed by atoms with Crippen molar-refractivity contribution in [3.05, 3.63) is 52.5 Å². The molecule has 1 saturated heterocycles. The van der Waals surface area contributed by atoms with Gasteiger partial charge in [-0.1, -0.05) is 58.9 Å². The minimum absolute atomic E-state index is 0.0616. The molecule has 2 heterocycles. The molecule has 3 N–H and O–H groups in total. The Bertz CT molecular complexity index is 1340. The number of halogens is 1. The number of aliphatic hydroxyl groups is 1. The Kier molecular flexibility index (Phi) is 8.58. The second-order valence-electron chi connectivity index (χ2n) is 12.5. The van der Waals surface area contributed by atoms with Crippen molar-refractivity contribution in [1.29, 1.82) is 0 Å². The van der Waals surface area contributed by atoms with E-state index < -0.39 is 59.1 Å². The van der Waals surface area contributed by atoms with Crippen molar-refractivity contribution in [2.24, 2.45) is 11.3 Å². The van der Waals surface area contributed by atoms with Crippen molar-refractivity contribution in [3.63, 3.8) is 0 Å². The molecule has 4 rings (SSSR count). The summed E-state index contributed by atoms with van der Waals surface area (Å²) >= 11 is 1.54. The third-order valence-corrected chi connectivity index (χ3v) is 8.91. The van der Waals surface area contributed by atoms with Crippen LogP contribution in [-0.4, -0.2) is 69.2 Å². The van der Waals surface area contributed by atoms with Crippen molar-refractivity contribution in [1.82, 2.24) is 20.5 Å². The second kappa shape index (κ2) is 11.5. The topological polar surface area (TPSA) is 116 Å². The van der Waals surface area contributed by atoms with Gasteiger partial charge in [-0.05, 0) is 29.4 Å². The van der Waals surface area contributed by atoms with Crippen molar-refractivity contribution in [2.75, 3.05) is 6.54 Å². The number of carbonyl (C=O) groups is 3. The van der Waals surface area contributed by atoms with Crippen LogP contribution in [0.1, 0.15) is 64.8 Å². The van der Waals surface area contributed by atoms with Gasteiger partial charge < -0.3 is 20.6 Å². The van der Waals surface area contributed by atoms with Crippen LogP contribution in [0.3, 0.4) is 0 Å². The lowest BCUT2D eigenvalue weighted by Crippen LogP contribution is -2.60. The Morgan fingerprint density at radius 2 is 1.83 bits per heavy atom. The van der Waals surface area contributed by atoms with E-state index in [2.05, 4.69) is 20.5 Å². The van der Waals surface area contributed by atoms with E-state index in [1.54, 1.807) is 37.6 Å². The zero-order valence-electron chi connectivity index (χ0n) is 24.3. The number of aliphatic hydroxyl groups excluding tert-OH is 1. The molecule has 0 spiro atoms. The number of nitrogens with one attached hydrogen (secondary N) is 2. The number of nitrogens with zero attached hydrogens (tertiary/aromatic N) is 3. The van der Waals surface area contributed by atoms with E-state index in [0.717, 1.165) is 26.6 Å². The van der Waals surface area contributed by atoms with Gasteiger partial charge in [0.15, 0.2) is 6.17 Å². The summed E-state index contributed by atoms with van der Waals surface area (Å²) in [6, 6.07) is 4.56. The Morgan fingerprint density at radius 1 is 1.20 bits per heavy atom. The summed E-state index contributed by atoms with van der Waals surface area (Å²) in [4.78, 5) is 50.1. The molecule has 1 aromatic heterocycles. The molecule has 0 bridgehead atoms. The summed E-state index contributed by atoms with van der Waals surface area (Å²) in [5.41, 5.74) is 2.57. The Balaban J connectivity index is 1.56. The first-order valence-electron chi connectivity index (χ1n) is 13.8. The maximum atomic E-state index is 15.4. The molecule has 1 unspecified atom stereocenters. The van der Waals surface area contributed by atoms with Crippen LogP contribution in [0.15, 0.2) is 29.8 Å². The van der Waals surface area contributed by atoms with Gasteiger partial charge in [-0.3, -0.25) is 19.2 Å². The third-order valence-electron chi connectivity index (χ3n) is 7.93. The first kappa shape index (κ1) is 30.6. The summed E-state index contributed by atoms with van der Waals surface area (Å²) < 4.78 is 15.4. The molecule has 1 aliphatic heterocycles. The molecule has 41 heavy (non-hydrogen) atoms. The lowest BCUT2D eigenvalue weighted by Gasteiger charge is -2.36. The summed E-state index contributed by atoms with van der Waals surface area (Å²) in [5.74, 6) is -2.00. The number of hydrogen-bond donors (Lipinski definition) is 3. The molecule has 0 radical (unpaired) electrons. The third kappa shape index (κ3) is 6.14. The number of benzene rings is 1. The molecule has 1 aromatic carbocycles. The number of alkyl halides is 1. The molecular formula is C30H38FN5O4S. The molecule has 2 fully saturated rings. The average molecular weight is 584 g/mol. The predicted octanol–water partition coefficient (Wildman–Crippen LogP) is 3.82. The van der Waals surface area contributed by atoms with Gasteiger partial charge >= 0.3 is 11.4 Å². The van der Waals surface area contributed by atoms with E-state index >= 15 is 4.39 Å². The van der Waals surface area contributed by atoms with Gasteiger partial charge in [0.2, 0.25) is 11.8 Å². The number of aryl methyl sites for hydroxylation is 1. The van der Waals surface area contributed by atoms with Gasteiger partial charge in [0, 0.05) is 12.8 Å². The van der Waals surface area contributed by atoms with Gasteiger partial charge in [0.05, 0.1) is 28.7 Å². The summed E-state index contributed by atoms with van der Waals surface area (Å²) in [6.45, 7) is 18.0. The lowest BCUT2D eigenvalue weighted by atomic mass is 9.85. The van der Waals surface area contributed by atoms with Crippen molar-refractivity contribution in [3.8, 4) is 10.4 Å². The smallest absolute Gasteiger partial charge is 0.309 e. The number of rotatable bonds is 8. The molecule has 220 valence electrons. The summed E-state index contributed by atoms with van der Waals surface area (Å²) in [6.07, 6.45) is -2.73. The zero-order chi connectivity index (χ0) is 30.3. The fourth-order valence-corrected chi connectivity index (χ4v) is 6.01. The van der Waals surface area contributed by atoms with E-state index in [4.69, 9.17) is 6.57 Å². The van der Waals surface area contributed by atoms with Crippen LogP contribution >= 0.6 is 11.3 Å². The zero-order valence-corrected chi connectivity index (χ0v) is 25.1. The average Bonchev–Trinajstić information content (AvgIpc) is 3.52. The van der Waals surface area contributed by atoms with E-state index in [1.807, 2.05) is 45.0 Å². The van der Waals surface area contributed by atoms with Crippen LogP contribution in [0.2, 0.25) is 0 Å². The summed E-state index contributed by atoms with van der Waals surface area (Å²) in [7, 11) is 0. The minimum Gasteiger partial charge on any atom is -0.388 e. The number of amides is 3. The highest BCUT2D eigenvalue weighted by Crippen LogP contribution is 2.41. The normalized spacial score (nSPS) is 23.0. The molecule has 1 aliphatic carbocycles. The van der Waals surface area contributed by atoms with E-state index in [9.17, 15) is 19.5 Å². The molecule has 2 aromatic rings. The van der Waals surface area contributed by atoms with Gasteiger partial charge in [-0.25, -0.2) is 15.9 Å². The van der Waals surface area contributed by atoms with Crippen molar-refractivity contribution < 1.29 is 23.9 Å². The SMILES string of the molecule is [C-]#[N+]C1(C(=O)N[C@H](C(=O)N2C[C@H](O)[C@H](F)[C@H]2C(=O)NC(c2ccc(-c3scnc3C)cc2)C(C)C)C(C)(C)C)CC1. The molecule has 3 amide bonds. The first-order chi connectivity index (χ1) is 19.2. The second-order valence-corrected chi connectivity index (χ2v) is 13.3. The Labute approximate surface area is 244 Å². The number of β-amino-alcohol motifs (C(OH)–C–C–N with tert-alkyl or cyclic N) is 1. The Morgan fingerprint density at radius 3 is 2.32 bits per heavy atom. The number of likely N-dealkylation sites (tertiary alicyclic amines) is 1. The van der Waals surface area contributed by atoms with Crippen molar-refractivity contribution >= 4 is 29.1 Å². The quantitative estimate of drug-likeness (QED) is 0.409. The fourth-order valence-electron chi connectivity index (χ4n) is 5.19. The van der Waals surface area contributed by atoms with E-state index in [0.29, 0.717) is 12.8 Å². The van der Waals surface area contributed by atoms with Gasteiger partial charge in [0.25, 0.3) is 0 Å². The number of carbonyl (C=O) groups excluding carboxylic acids is 3. The predicted molar refractivity (Wildman–Crippen MR) is 154 cm³/mol. The first-order valence-corrected chi connectivity index (χ1v) is 14.7. The van der Waals surface area contributed by atoms with Crippen LogP contribution in [-0.2, 0) is 14.4 Å². The molecule has 2 aliphatic rings. The fraction of sp³-hybridized carbons (Fsp3) is 0.567. The van der Waals surface area contributed by atoms with E-state index in [1.165, 1.54) is 0 Å². The van der Waals surface area contributed by atoms with Gasteiger partial charge in [-0.2, -0.15) is 0 Å². The number of thiazole rings is 1. The maximum Gasteiger partial charge on any atom is 0.309 e. The molecular weight excluding hydrogens is 545 g/mol. The van der Waals surface area contributed by atoms with Crippen LogP contribution in [0.25, 0.3) is 15.3 Å². The van der Waals surface area contributed by atoms with Crippen LogP contribution in [0, 0.1) is 24.8 Å². The highest BCUT2D eigenvalue weighted by atomic mass is 32.1. The summed E-state index contributed by atoms with van der Waals surface area (Å²) in [5, 5.41) is 16.0. The standard InChI is InChI=1S/C30H38FN5O4S/c1-16(2)22(18-8-10-19(11-9-18)24-17(3)33-15-41-24)34-26(38)23-21(31)20(37)14-36(23)27(39)25(29(4,5)6)35-28(40)30(32-7)12-13-30/h8-11,15-16,20-23,25,37H,12-14H2,1-6H3,(H,34,38)(H,35,40)/t20-,21-,22?,23-,25+/m0/s1. The molecule has 5 atom stereocenters. The molecule has 11 heteroatoms. The minimum atomic E-state index is -2.00. The largest absolute Gasteiger partial charge is 0.388 e. The van der Waals surface area contributed by atoms with Crippen LogP contribution in [0.5, 0.6) is 0 Å².